The molecule has 0 radical (unpaired) electrons. The number of hydrogen-bond donors (Lipinski definition) is 0. The van der Waals surface area contributed by atoms with Crippen LogP contribution in [0.4, 0.5) is 0 Å². The predicted molar refractivity (Wildman–Crippen MR) is 231 cm³/mol. The monoisotopic (exact) mass is 730 g/mol. The van der Waals surface area contributed by atoms with Crippen molar-refractivity contribution in [1.82, 2.24) is 9.97 Å². The van der Waals surface area contributed by atoms with E-state index in [1.165, 1.54) is 54.3 Å². The minimum absolute atomic E-state index is 0.404. The number of benzene rings is 8. The van der Waals surface area contributed by atoms with E-state index in [9.17, 15) is 0 Å². The summed E-state index contributed by atoms with van der Waals surface area (Å²) in [5.41, 5.74) is 17.2. The van der Waals surface area contributed by atoms with Gasteiger partial charge in [-0.25, -0.2) is 9.97 Å². The van der Waals surface area contributed by atoms with Gasteiger partial charge in [0.05, 0.1) is 16.8 Å². The maximum atomic E-state index is 5.11. The van der Waals surface area contributed by atoms with Crippen molar-refractivity contribution in [3.8, 4) is 67.3 Å². The third-order valence-electron chi connectivity index (χ3n) is 11.4. The Labute approximate surface area is 331 Å². The molecule has 0 saturated heterocycles. The Hall–Kier alpha value is -6.81. The summed E-state index contributed by atoms with van der Waals surface area (Å²) in [4.78, 5) is 12.8. The zero-order valence-electron chi connectivity index (χ0n) is 30.4. The van der Waals surface area contributed by atoms with Crippen molar-refractivity contribution >= 4 is 11.8 Å². The van der Waals surface area contributed by atoms with Crippen molar-refractivity contribution in [3.63, 3.8) is 0 Å². The van der Waals surface area contributed by atoms with E-state index in [-0.39, 0.29) is 0 Å². The molecule has 2 heterocycles. The molecule has 1 aliphatic carbocycles. The van der Waals surface area contributed by atoms with E-state index in [1.54, 1.807) is 0 Å². The van der Waals surface area contributed by atoms with Gasteiger partial charge in [0.15, 0.2) is 5.82 Å². The Balaban J connectivity index is 1.03. The summed E-state index contributed by atoms with van der Waals surface area (Å²) in [7, 11) is 0. The number of aromatic nitrogens is 2. The molecule has 56 heavy (non-hydrogen) atoms. The highest BCUT2D eigenvalue weighted by molar-refractivity contribution is 7.99. The molecule has 0 bridgehead atoms. The third kappa shape index (κ3) is 5.20. The molecule has 262 valence electrons. The first-order valence-electron chi connectivity index (χ1n) is 19.1. The Bertz CT molecular complexity index is 2850. The Morgan fingerprint density at radius 2 is 0.750 bits per heavy atom. The van der Waals surface area contributed by atoms with Crippen LogP contribution in [0.5, 0.6) is 0 Å². The lowest BCUT2D eigenvalue weighted by molar-refractivity contribution is 0.723. The van der Waals surface area contributed by atoms with Gasteiger partial charge in [-0.3, -0.25) is 0 Å². The fourth-order valence-electron chi connectivity index (χ4n) is 8.84. The van der Waals surface area contributed by atoms with Gasteiger partial charge in [-0.2, -0.15) is 0 Å². The van der Waals surface area contributed by atoms with Gasteiger partial charge in [-0.15, -0.1) is 0 Å². The summed E-state index contributed by atoms with van der Waals surface area (Å²) < 4.78 is 0. The van der Waals surface area contributed by atoms with Crippen molar-refractivity contribution in [2.45, 2.75) is 15.2 Å². The van der Waals surface area contributed by atoms with Gasteiger partial charge in [-0.05, 0) is 92.0 Å². The molecule has 2 nitrogen and oxygen atoms in total. The quantitative estimate of drug-likeness (QED) is 0.176. The summed E-state index contributed by atoms with van der Waals surface area (Å²) >= 11 is 1.88. The molecule has 0 fully saturated rings. The van der Waals surface area contributed by atoms with E-state index in [1.807, 2.05) is 23.9 Å². The molecule has 3 heteroatoms. The van der Waals surface area contributed by atoms with E-state index < -0.39 is 5.41 Å². The van der Waals surface area contributed by atoms with Crippen LogP contribution in [0.15, 0.2) is 216 Å². The van der Waals surface area contributed by atoms with Crippen LogP contribution < -0.4 is 0 Å². The summed E-state index contributed by atoms with van der Waals surface area (Å²) in [6.45, 7) is 0. The second-order valence-corrected chi connectivity index (χ2v) is 15.6. The van der Waals surface area contributed by atoms with Crippen molar-refractivity contribution in [2.24, 2.45) is 0 Å². The topological polar surface area (TPSA) is 25.8 Å². The summed E-state index contributed by atoms with van der Waals surface area (Å²) in [5, 5.41) is 0. The first-order chi connectivity index (χ1) is 27.7. The first-order valence-corrected chi connectivity index (χ1v) is 19.9. The number of hydrogen-bond acceptors (Lipinski definition) is 3. The van der Waals surface area contributed by atoms with Crippen LogP contribution in [-0.4, -0.2) is 9.97 Å². The van der Waals surface area contributed by atoms with Gasteiger partial charge in [0.1, 0.15) is 0 Å². The normalized spacial score (nSPS) is 13.1. The summed E-state index contributed by atoms with van der Waals surface area (Å²) in [6.07, 6.45) is 0. The van der Waals surface area contributed by atoms with Crippen molar-refractivity contribution < 1.29 is 0 Å². The lowest BCUT2D eigenvalue weighted by atomic mass is 9.67. The second-order valence-electron chi connectivity index (χ2n) is 14.5. The van der Waals surface area contributed by atoms with E-state index in [2.05, 4.69) is 194 Å². The average Bonchev–Trinajstić information content (AvgIpc) is 3.57. The van der Waals surface area contributed by atoms with Gasteiger partial charge >= 0.3 is 0 Å². The zero-order chi connectivity index (χ0) is 37.1. The van der Waals surface area contributed by atoms with Crippen LogP contribution >= 0.6 is 11.8 Å². The van der Waals surface area contributed by atoms with Gasteiger partial charge in [0.2, 0.25) is 0 Å². The summed E-state index contributed by atoms with van der Waals surface area (Å²) in [6, 6.07) is 74.5. The highest BCUT2D eigenvalue weighted by Crippen LogP contribution is 2.62. The predicted octanol–water partition coefficient (Wildman–Crippen LogP) is 13.6. The van der Waals surface area contributed by atoms with Gasteiger partial charge < -0.3 is 0 Å². The largest absolute Gasteiger partial charge is 0.228 e. The molecule has 9 aromatic rings. The fourth-order valence-corrected chi connectivity index (χ4v) is 10.0. The number of nitrogens with zero attached hydrogens (tertiary/aromatic N) is 2. The minimum Gasteiger partial charge on any atom is -0.228 e. The molecule has 11 rings (SSSR count). The summed E-state index contributed by atoms with van der Waals surface area (Å²) in [5.74, 6) is 0.707. The maximum absolute atomic E-state index is 5.11. The Morgan fingerprint density at radius 3 is 1.36 bits per heavy atom. The minimum atomic E-state index is -0.404. The van der Waals surface area contributed by atoms with Crippen molar-refractivity contribution in [2.75, 3.05) is 0 Å². The lowest BCUT2D eigenvalue weighted by Gasteiger charge is -2.40. The van der Waals surface area contributed by atoms with E-state index in [0.29, 0.717) is 5.82 Å². The smallest absolute Gasteiger partial charge is 0.160 e. The number of fused-ring (bicyclic) bond motifs is 9. The van der Waals surface area contributed by atoms with Crippen LogP contribution in [0.3, 0.4) is 0 Å². The molecule has 1 aliphatic heterocycles. The van der Waals surface area contributed by atoms with Crippen LogP contribution in [0.1, 0.15) is 22.3 Å². The van der Waals surface area contributed by atoms with Crippen LogP contribution in [0, 0.1) is 0 Å². The van der Waals surface area contributed by atoms with Gasteiger partial charge in [0.25, 0.3) is 0 Å². The highest BCUT2D eigenvalue weighted by atomic mass is 32.2. The highest BCUT2D eigenvalue weighted by Gasteiger charge is 2.50. The molecule has 0 saturated carbocycles. The average molecular weight is 731 g/mol. The molecular weight excluding hydrogens is 697 g/mol. The van der Waals surface area contributed by atoms with Crippen LogP contribution in [-0.2, 0) is 5.41 Å². The molecular formula is C53H34N2S. The van der Waals surface area contributed by atoms with E-state index in [0.717, 1.165) is 39.2 Å². The molecule has 0 atom stereocenters. The SMILES string of the molecule is c1ccc(-c2cc(-c3ccccc3)nc(-c3cccc(-c4cccc(-c5ccc6c(c5)C5(c7ccccc7S6)c6ccccc6-c6ccccc65)c4)c3)n2)cc1. The zero-order valence-corrected chi connectivity index (χ0v) is 31.2. The molecule has 1 aromatic heterocycles. The van der Waals surface area contributed by atoms with Crippen LogP contribution in [0.25, 0.3) is 67.3 Å². The molecule has 0 unspecified atom stereocenters. The molecule has 1 spiro atoms. The molecule has 0 N–H and O–H groups in total. The van der Waals surface area contributed by atoms with E-state index in [4.69, 9.17) is 9.97 Å². The maximum Gasteiger partial charge on any atom is 0.160 e. The Morgan fingerprint density at radius 1 is 0.304 bits per heavy atom. The standard InChI is InChI=1S/C53H34N2S/c1-3-15-35(16-4-1)48-34-49(36-17-5-2-6-18-36)55-52(54-48)41-22-14-21-39(32-41)37-19-13-20-38(31-37)40-29-30-51-47(33-40)53(46-27-11-12-28-50(46)56-51)44-25-9-7-23-42(44)43-24-8-10-26-45(43)53/h1-34H. The van der Waals surface area contributed by atoms with Crippen molar-refractivity contribution in [1.29, 1.82) is 0 Å². The first kappa shape index (κ1) is 32.6. The van der Waals surface area contributed by atoms with Crippen LogP contribution in [0.2, 0.25) is 0 Å². The molecule has 2 aliphatic rings. The lowest BCUT2D eigenvalue weighted by Crippen LogP contribution is -2.32. The second kappa shape index (κ2) is 13.2. The fraction of sp³-hybridized carbons (Fsp3) is 0.0189. The molecule has 0 amide bonds. The molecule has 8 aromatic carbocycles. The van der Waals surface area contributed by atoms with Gasteiger partial charge in [-0.1, -0.05) is 182 Å². The number of rotatable bonds is 5. The Kier molecular flexibility index (Phi) is 7.68. The van der Waals surface area contributed by atoms with Crippen molar-refractivity contribution in [3.05, 3.63) is 229 Å². The van der Waals surface area contributed by atoms with E-state index >= 15 is 0 Å². The van der Waals surface area contributed by atoms with Gasteiger partial charge in [0, 0.05) is 26.5 Å². The third-order valence-corrected chi connectivity index (χ3v) is 12.5.